The highest BCUT2D eigenvalue weighted by molar-refractivity contribution is 6.30. The van der Waals surface area contributed by atoms with Gasteiger partial charge in [-0.15, -0.1) is 0 Å². The van der Waals surface area contributed by atoms with Crippen LogP contribution < -0.4 is 5.73 Å². The van der Waals surface area contributed by atoms with Gasteiger partial charge in [0.2, 0.25) is 5.91 Å². The zero-order valence-electron chi connectivity index (χ0n) is 5.17. The summed E-state index contributed by atoms with van der Waals surface area (Å²) in [5.41, 5.74) is 5.46. The fraction of sp³-hybridized carbons (Fsp3) is 0. The number of nitrogens with two attached hydrogens (primary N) is 1. The van der Waals surface area contributed by atoms with Crippen LogP contribution in [-0.2, 0) is 0 Å². The number of halogens is 1. The molecule has 0 atom stereocenters. The van der Waals surface area contributed by atoms with Gasteiger partial charge in [-0.05, 0) is 24.3 Å². The molecule has 52 valence electrons. The molecule has 0 fully saturated rings. The van der Waals surface area contributed by atoms with Gasteiger partial charge in [0.05, 0.1) is 0 Å². The quantitative estimate of drug-likeness (QED) is 0.659. The minimum atomic E-state index is -0.434. The van der Waals surface area contributed by atoms with Crippen molar-refractivity contribution in [3.05, 3.63) is 34.9 Å². The van der Waals surface area contributed by atoms with Crippen LogP contribution in [0.5, 0.6) is 0 Å². The molecule has 1 amide bonds. The number of primary amides is 1. The summed E-state index contributed by atoms with van der Waals surface area (Å²) in [7, 11) is 0. The van der Waals surface area contributed by atoms with Crippen LogP contribution in [0.1, 0.15) is 10.4 Å². The van der Waals surface area contributed by atoms with Crippen molar-refractivity contribution in [2.24, 2.45) is 5.73 Å². The van der Waals surface area contributed by atoms with Crippen molar-refractivity contribution < 1.29 is 4.79 Å². The van der Waals surface area contributed by atoms with Crippen molar-refractivity contribution in [2.75, 3.05) is 0 Å². The highest BCUT2D eigenvalue weighted by Gasteiger charge is 1.96. The van der Waals surface area contributed by atoms with Gasteiger partial charge in [-0.25, -0.2) is 0 Å². The van der Waals surface area contributed by atoms with Crippen molar-refractivity contribution in [3.63, 3.8) is 0 Å². The minimum Gasteiger partial charge on any atom is -0.366 e. The first-order valence-corrected chi connectivity index (χ1v) is 3.13. The number of carbonyl (C=O) groups excluding carboxylic acids is 1. The molecule has 0 aliphatic heterocycles. The van der Waals surface area contributed by atoms with Gasteiger partial charge < -0.3 is 5.73 Å². The smallest absolute Gasteiger partial charge is 0.248 e. The maximum atomic E-state index is 10.5. The molecule has 1 aromatic carbocycles. The SMILES string of the molecule is N[14C](=O)c1ccc(Cl)cc1. The largest absolute Gasteiger partial charge is 0.366 e. The Morgan fingerprint density at radius 2 is 1.80 bits per heavy atom. The van der Waals surface area contributed by atoms with E-state index >= 15 is 0 Å². The molecule has 2 N–H and O–H groups in total. The molecular formula is C7H6ClNO. The van der Waals surface area contributed by atoms with E-state index in [9.17, 15) is 4.79 Å². The van der Waals surface area contributed by atoms with Crippen molar-refractivity contribution in [2.45, 2.75) is 0 Å². The van der Waals surface area contributed by atoms with Crippen LogP contribution in [0.15, 0.2) is 24.3 Å². The molecule has 0 aromatic heterocycles. The molecule has 2 nitrogen and oxygen atoms in total. The second kappa shape index (κ2) is 2.71. The maximum absolute atomic E-state index is 10.5. The van der Waals surface area contributed by atoms with Gasteiger partial charge in [0.1, 0.15) is 0 Å². The molecule has 0 aliphatic carbocycles. The van der Waals surface area contributed by atoms with Gasteiger partial charge in [0, 0.05) is 10.6 Å². The van der Waals surface area contributed by atoms with Crippen LogP contribution in [0.25, 0.3) is 0 Å². The summed E-state index contributed by atoms with van der Waals surface area (Å²) in [6.07, 6.45) is 0. The van der Waals surface area contributed by atoms with E-state index < -0.39 is 5.91 Å². The summed E-state index contributed by atoms with van der Waals surface area (Å²) in [4.78, 5) is 10.5. The minimum absolute atomic E-state index is 0.434. The molecule has 1 rings (SSSR count). The average molecular weight is 158 g/mol. The zero-order chi connectivity index (χ0) is 7.56. The van der Waals surface area contributed by atoms with Gasteiger partial charge in [-0.1, -0.05) is 11.6 Å². The van der Waals surface area contributed by atoms with E-state index in [2.05, 4.69) is 0 Å². The summed E-state index contributed by atoms with van der Waals surface area (Å²) in [6.45, 7) is 0. The van der Waals surface area contributed by atoms with E-state index in [4.69, 9.17) is 17.3 Å². The lowest BCUT2D eigenvalue weighted by Crippen LogP contribution is -2.10. The van der Waals surface area contributed by atoms with Crippen molar-refractivity contribution in [1.82, 2.24) is 0 Å². The second-order valence-electron chi connectivity index (χ2n) is 1.87. The summed E-state index contributed by atoms with van der Waals surface area (Å²) in [6, 6.07) is 6.43. The predicted molar refractivity (Wildman–Crippen MR) is 40.0 cm³/mol. The van der Waals surface area contributed by atoms with Gasteiger partial charge in [-0.2, -0.15) is 0 Å². The predicted octanol–water partition coefficient (Wildman–Crippen LogP) is 1.44. The Morgan fingerprint density at radius 1 is 1.30 bits per heavy atom. The molecule has 1 aromatic rings. The van der Waals surface area contributed by atoms with Gasteiger partial charge in [-0.3, -0.25) is 4.79 Å². The summed E-state index contributed by atoms with van der Waals surface area (Å²) < 4.78 is 0. The Balaban J connectivity index is 3.00. The van der Waals surface area contributed by atoms with Crippen LogP contribution in [0.2, 0.25) is 5.02 Å². The first-order chi connectivity index (χ1) is 4.70. The number of benzene rings is 1. The summed E-state index contributed by atoms with van der Waals surface area (Å²) in [5.74, 6) is -0.434. The van der Waals surface area contributed by atoms with E-state index in [1.165, 1.54) is 0 Å². The Hall–Kier alpha value is -1.02. The van der Waals surface area contributed by atoms with E-state index in [1.807, 2.05) is 0 Å². The topological polar surface area (TPSA) is 43.1 Å². The molecule has 0 saturated heterocycles. The number of hydrogen-bond donors (Lipinski definition) is 1. The molecule has 10 heavy (non-hydrogen) atoms. The molecule has 0 spiro atoms. The highest BCUT2D eigenvalue weighted by atomic mass is 35.5. The van der Waals surface area contributed by atoms with E-state index in [0.29, 0.717) is 10.6 Å². The number of carbonyl (C=O) groups is 1. The summed E-state index contributed by atoms with van der Waals surface area (Å²) in [5, 5.41) is 0.602. The molecular weight excluding hydrogens is 152 g/mol. The molecule has 0 bridgehead atoms. The third-order valence-corrected chi connectivity index (χ3v) is 1.38. The Labute approximate surface area is 63.6 Å². The first kappa shape index (κ1) is 7.09. The molecule has 0 saturated carbocycles. The van der Waals surface area contributed by atoms with E-state index in [1.54, 1.807) is 24.3 Å². The molecule has 3 heteroatoms. The average Bonchev–Trinajstić information content (AvgIpc) is 1.88. The molecule has 0 radical (unpaired) electrons. The molecule has 0 unspecified atom stereocenters. The lowest BCUT2D eigenvalue weighted by Gasteiger charge is -1.92. The fourth-order valence-electron chi connectivity index (χ4n) is 0.614. The standard InChI is InChI=1S/C7H6ClNO/c8-6-3-1-5(2-4-6)7(9)10/h1-4H,(H2,9,10)/i7+2. The van der Waals surface area contributed by atoms with E-state index in [-0.39, 0.29) is 0 Å². The third kappa shape index (κ3) is 1.48. The van der Waals surface area contributed by atoms with Gasteiger partial charge in [0.15, 0.2) is 0 Å². The zero-order valence-corrected chi connectivity index (χ0v) is 5.93. The monoisotopic (exact) mass is 157 g/mol. The number of amides is 1. The van der Waals surface area contributed by atoms with Crippen molar-refractivity contribution in [1.29, 1.82) is 0 Å². The second-order valence-corrected chi connectivity index (χ2v) is 2.31. The van der Waals surface area contributed by atoms with Crippen LogP contribution >= 0.6 is 11.6 Å². The van der Waals surface area contributed by atoms with Crippen LogP contribution in [0, 0.1) is 0 Å². The van der Waals surface area contributed by atoms with Crippen LogP contribution in [0.4, 0.5) is 0 Å². The lowest BCUT2D eigenvalue weighted by molar-refractivity contribution is 0.100. The van der Waals surface area contributed by atoms with Crippen molar-refractivity contribution >= 4 is 17.5 Å². The number of rotatable bonds is 1. The summed E-state index contributed by atoms with van der Waals surface area (Å²) >= 11 is 5.56. The Bertz CT molecular complexity index is 242. The first-order valence-electron chi connectivity index (χ1n) is 2.75. The highest BCUT2D eigenvalue weighted by Crippen LogP contribution is 2.08. The lowest BCUT2D eigenvalue weighted by atomic mass is 10.3. The van der Waals surface area contributed by atoms with Crippen LogP contribution in [-0.4, -0.2) is 5.91 Å². The molecule has 0 aliphatic rings. The maximum Gasteiger partial charge on any atom is 0.248 e. The van der Waals surface area contributed by atoms with Gasteiger partial charge in [0.25, 0.3) is 0 Å². The Kier molecular flexibility index (Phi) is 1.92. The normalized spacial score (nSPS) is 9.30. The van der Waals surface area contributed by atoms with Crippen molar-refractivity contribution in [3.8, 4) is 0 Å². The third-order valence-electron chi connectivity index (χ3n) is 1.13. The van der Waals surface area contributed by atoms with Gasteiger partial charge >= 0.3 is 0 Å². The molecule has 0 heterocycles. The Morgan fingerprint density at radius 3 is 2.20 bits per heavy atom. The number of hydrogen-bond acceptors (Lipinski definition) is 1. The fourth-order valence-corrected chi connectivity index (χ4v) is 0.740. The van der Waals surface area contributed by atoms with Crippen LogP contribution in [0.3, 0.4) is 0 Å². The van der Waals surface area contributed by atoms with E-state index in [0.717, 1.165) is 0 Å².